The van der Waals surface area contributed by atoms with E-state index in [1.807, 2.05) is 44.2 Å². The van der Waals surface area contributed by atoms with Crippen molar-refractivity contribution in [1.29, 1.82) is 0 Å². The molecule has 3 aromatic rings. The number of benzene rings is 3. The lowest BCUT2D eigenvalue weighted by Gasteiger charge is -2.33. The molecule has 0 radical (unpaired) electrons. The maximum absolute atomic E-state index is 14.0. The molecule has 214 valence electrons. The Hall–Kier alpha value is -3.07. The Morgan fingerprint density at radius 1 is 0.900 bits per heavy atom. The van der Waals surface area contributed by atoms with Crippen LogP contribution in [0.5, 0.6) is 0 Å². The molecule has 0 aromatic heterocycles. The fourth-order valence-electron chi connectivity index (χ4n) is 4.29. The maximum atomic E-state index is 14.0. The molecule has 1 N–H and O–H groups in total. The summed E-state index contributed by atoms with van der Waals surface area (Å²) in [6, 6.07) is 21.1. The fraction of sp³-hybridized carbons (Fsp3) is 0.333. The SMILES string of the molecule is CCCCNC(=O)C(CC)N(CCc1ccccc1)C(=O)CN(c1ccc(Cl)c(Cl)c1)S(=O)(=O)c1ccccc1. The molecule has 1 unspecified atom stereocenters. The van der Waals surface area contributed by atoms with E-state index in [0.29, 0.717) is 19.4 Å². The van der Waals surface area contributed by atoms with Gasteiger partial charge in [0.2, 0.25) is 11.8 Å². The third-order valence-electron chi connectivity index (χ3n) is 6.50. The molecule has 0 aliphatic heterocycles. The van der Waals surface area contributed by atoms with E-state index < -0.39 is 28.5 Å². The first-order valence-corrected chi connectivity index (χ1v) is 15.5. The van der Waals surface area contributed by atoms with Gasteiger partial charge in [-0.2, -0.15) is 0 Å². The number of hydrogen-bond acceptors (Lipinski definition) is 4. The van der Waals surface area contributed by atoms with Crippen LogP contribution in [0.1, 0.15) is 38.7 Å². The number of halogens is 2. The number of carbonyl (C=O) groups excluding carboxylic acids is 2. The Balaban J connectivity index is 1.99. The molecule has 40 heavy (non-hydrogen) atoms. The molecule has 0 saturated carbocycles. The Bertz CT molecular complexity index is 1370. The molecule has 3 rings (SSSR count). The van der Waals surface area contributed by atoms with Crippen LogP contribution in [-0.2, 0) is 26.0 Å². The van der Waals surface area contributed by atoms with E-state index >= 15 is 0 Å². The number of nitrogens with zero attached hydrogens (tertiary/aromatic N) is 2. The number of carbonyl (C=O) groups is 2. The number of anilines is 1. The second kappa shape index (κ2) is 15.1. The van der Waals surface area contributed by atoms with Gasteiger partial charge in [0.1, 0.15) is 12.6 Å². The minimum Gasteiger partial charge on any atom is -0.354 e. The lowest BCUT2D eigenvalue weighted by atomic mass is 10.1. The first-order chi connectivity index (χ1) is 19.2. The number of hydrogen-bond donors (Lipinski definition) is 1. The van der Waals surface area contributed by atoms with E-state index in [-0.39, 0.29) is 33.1 Å². The summed E-state index contributed by atoms with van der Waals surface area (Å²) in [5.74, 6) is -0.761. The topological polar surface area (TPSA) is 86.8 Å². The molecule has 0 aliphatic rings. The standard InChI is InChI=1S/C30H35Cl2N3O4S/c1-3-5-19-33-30(37)28(4-2)34(20-18-23-12-8-6-9-13-23)29(36)22-35(24-16-17-26(31)27(32)21-24)40(38,39)25-14-10-7-11-15-25/h6-17,21,28H,3-5,18-20,22H2,1-2H3,(H,33,37). The average Bonchev–Trinajstić information content (AvgIpc) is 2.96. The monoisotopic (exact) mass is 603 g/mol. The molecule has 0 spiro atoms. The van der Waals surface area contributed by atoms with Crippen LogP contribution in [0, 0.1) is 0 Å². The minimum absolute atomic E-state index is 0.0223. The van der Waals surface area contributed by atoms with Crippen molar-refractivity contribution in [3.05, 3.63) is 94.5 Å². The van der Waals surface area contributed by atoms with Crippen molar-refractivity contribution in [2.24, 2.45) is 0 Å². The highest BCUT2D eigenvalue weighted by molar-refractivity contribution is 7.92. The zero-order valence-corrected chi connectivity index (χ0v) is 25.1. The maximum Gasteiger partial charge on any atom is 0.264 e. The van der Waals surface area contributed by atoms with Gasteiger partial charge in [0, 0.05) is 13.1 Å². The second-order valence-electron chi connectivity index (χ2n) is 9.31. The highest BCUT2D eigenvalue weighted by Crippen LogP contribution is 2.30. The molecule has 0 heterocycles. The van der Waals surface area contributed by atoms with Crippen LogP contribution < -0.4 is 9.62 Å². The van der Waals surface area contributed by atoms with Gasteiger partial charge < -0.3 is 10.2 Å². The quantitative estimate of drug-likeness (QED) is 0.230. The summed E-state index contributed by atoms with van der Waals surface area (Å²) in [4.78, 5) is 28.7. The van der Waals surface area contributed by atoms with E-state index in [4.69, 9.17) is 23.2 Å². The number of unbranched alkanes of at least 4 members (excludes halogenated alkanes) is 1. The zero-order chi connectivity index (χ0) is 29.1. The van der Waals surface area contributed by atoms with Gasteiger partial charge >= 0.3 is 0 Å². The molecular formula is C30H35Cl2N3O4S. The van der Waals surface area contributed by atoms with Crippen molar-refractivity contribution in [2.45, 2.75) is 50.5 Å². The number of sulfonamides is 1. The lowest BCUT2D eigenvalue weighted by molar-refractivity contribution is -0.139. The first kappa shape index (κ1) is 31.5. The van der Waals surface area contributed by atoms with Gasteiger partial charge in [-0.3, -0.25) is 13.9 Å². The van der Waals surface area contributed by atoms with Crippen molar-refractivity contribution in [1.82, 2.24) is 10.2 Å². The highest BCUT2D eigenvalue weighted by atomic mass is 35.5. The normalized spacial score (nSPS) is 12.0. The van der Waals surface area contributed by atoms with E-state index in [1.165, 1.54) is 35.2 Å². The first-order valence-electron chi connectivity index (χ1n) is 13.3. The summed E-state index contributed by atoms with van der Waals surface area (Å²) >= 11 is 12.3. The van der Waals surface area contributed by atoms with Crippen molar-refractivity contribution < 1.29 is 18.0 Å². The summed E-state index contributed by atoms with van der Waals surface area (Å²) in [5, 5.41) is 3.34. The van der Waals surface area contributed by atoms with Crippen LogP contribution >= 0.6 is 23.2 Å². The van der Waals surface area contributed by atoms with Crippen LogP contribution in [0.25, 0.3) is 0 Å². The molecule has 3 aromatic carbocycles. The number of nitrogens with one attached hydrogen (secondary N) is 1. The van der Waals surface area contributed by atoms with E-state index in [9.17, 15) is 18.0 Å². The second-order valence-corrected chi connectivity index (χ2v) is 12.0. The zero-order valence-electron chi connectivity index (χ0n) is 22.7. The molecule has 7 nitrogen and oxygen atoms in total. The third kappa shape index (κ3) is 8.22. The summed E-state index contributed by atoms with van der Waals surface area (Å²) in [5.41, 5.74) is 1.19. The van der Waals surface area contributed by atoms with Crippen LogP contribution in [0.15, 0.2) is 83.8 Å². The third-order valence-corrected chi connectivity index (χ3v) is 9.03. The number of amides is 2. The van der Waals surface area contributed by atoms with Gasteiger partial charge in [-0.25, -0.2) is 8.42 Å². The Morgan fingerprint density at radius 2 is 1.55 bits per heavy atom. The molecule has 0 saturated heterocycles. The summed E-state index contributed by atoms with van der Waals surface area (Å²) < 4.78 is 28.6. The van der Waals surface area contributed by atoms with Crippen molar-refractivity contribution in [2.75, 3.05) is 23.9 Å². The molecule has 1 atom stereocenters. The van der Waals surface area contributed by atoms with Gasteiger partial charge in [0.15, 0.2) is 0 Å². The van der Waals surface area contributed by atoms with Gasteiger partial charge in [0.05, 0.1) is 20.6 Å². The van der Waals surface area contributed by atoms with Crippen LogP contribution in [0.2, 0.25) is 10.0 Å². The Kier molecular flexibility index (Phi) is 11.9. The van der Waals surface area contributed by atoms with Gasteiger partial charge in [-0.15, -0.1) is 0 Å². The Morgan fingerprint density at radius 3 is 2.15 bits per heavy atom. The van der Waals surface area contributed by atoms with Crippen LogP contribution in [-0.4, -0.2) is 50.8 Å². The molecule has 2 amide bonds. The average molecular weight is 605 g/mol. The largest absolute Gasteiger partial charge is 0.354 e. The molecule has 0 aliphatic carbocycles. The molecular weight excluding hydrogens is 569 g/mol. The summed E-state index contributed by atoms with van der Waals surface area (Å²) in [7, 11) is -4.17. The van der Waals surface area contributed by atoms with E-state index in [0.717, 1.165) is 22.7 Å². The predicted molar refractivity (Wildman–Crippen MR) is 161 cm³/mol. The van der Waals surface area contributed by atoms with Crippen molar-refractivity contribution in [3.63, 3.8) is 0 Å². The minimum atomic E-state index is -4.17. The summed E-state index contributed by atoms with van der Waals surface area (Å²) in [6.45, 7) is 4.09. The van der Waals surface area contributed by atoms with Crippen LogP contribution in [0.4, 0.5) is 5.69 Å². The van der Waals surface area contributed by atoms with Gasteiger partial charge in [-0.1, -0.05) is 92.0 Å². The fourth-order valence-corrected chi connectivity index (χ4v) is 6.01. The molecule has 10 heteroatoms. The van der Waals surface area contributed by atoms with E-state index in [1.54, 1.807) is 18.2 Å². The van der Waals surface area contributed by atoms with Crippen molar-refractivity contribution in [3.8, 4) is 0 Å². The molecule has 0 fully saturated rings. The van der Waals surface area contributed by atoms with Gasteiger partial charge in [-0.05, 0) is 55.2 Å². The lowest BCUT2D eigenvalue weighted by Crippen LogP contribution is -2.53. The highest BCUT2D eigenvalue weighted by Gasteiger charge is 2.33. The van der Waals surface area contributed by atoms with Gasteiger partial charge in [0.25, 0.3) is 10.0 Å². The van der Waals surface area contributed by atoms with Crippen LogP contribution in [0.3, 0.4) is 0 Å². The predicted octanol–water partition coefficient (Wildman–Crippen LogP) is 5.95. The Labute approximate surface area is 247 Å². The summed E-state index contributed by atoms with van der Waals surface area (Å²) in [6.07, 6.45) is 2.62. The number of rotatable bonds is 14. The van der Waals surface area contributed by atoms with E-state index in [2.05, 4.69) is 5.32 Å². The molecule has 0 bridgehead atoms. The van der Waals surface area contributed by atoms with Crippen molar-refractivity contribution >= 4 is 50.7 Å². The smallest absolute Gasteiger partial charge is 0.264 e.